The molecule has 0 unspecified atom stereocenters. The lowest BCUT2D eigenvalue weighted by molar-refractivity contribution is -0.118. The van der Waals surface area contributed by atoms with Crippen LogP contribution in [-0.2, 0) is 11.4 Å². The Balaban J connectivity index is 1.55. The fourth-order valence-corrected chi connectivity index (χ4v) is 2.89. The zero-order valence-electron chi connectivity index (χ0n) is 15.4. The maximum Gasteiger partial charge on any atom is 0.342 e. The van der Waals surface area contributed by atoms with E-state index in [2.05, 4.69) is 20.7 Å². The van der Waals surface area contributed by atoms with Gasteiger partial charge in [-0.1, -0.05) is 42.1 Å². The summed E-state index contributed by atoms with van der Waals surface area (Å²) in [5.41, 5.74) is 1.92. The van der Waals surface area contributed by atoms with E-state index in [0.717, 1.165) is 11.8 Å². The number of rotatable bonds is 8. The number of hydrogen-bond acceptors (Lipinski definition) is 7. The van der Waals surface area contributed by atoms with Crippen LogP contribution in [0.1, 0.15) is 11.1 Å². The molecular weight excluding hydrogens is 413 g/mol. The lowest BCUT2D eigenvalue weighted by Crippen LogP contribution is -2.26. The zero-order valence-corrected chi connectivity index (χ0v) is 16.2. The molecule has 1 aromatic heterocycles. The van der Waals surface area contributed by atoms with Crippen molar-refractivity contribution in [3.8, 4) is 5.75 Å². The second-order valence-corrected chi connectivity index (χ2v) is 6.78. The molecule has 0 radical (unpaired) electrons. The van der Waals surface area contributed by atoms with Crippen molar-refractivity contribution >= 4 is 23.9 Å². The van der Waals surface area contributed by atoms with E-state index in [4.69, 9.17) is 4.74 Å². The molecule has 11 heteroatoms. The van der Waals surface area contributed by atoms with E-state index < -0.39 is 17.2 Å². The summed E-state index contributed by atoms with van der Waals surface area (Å²) in [4.78, 5) is 36.3. The number of ether oxygens (including phenoxy) is 1. The van der Waals surface area contributed by atoms with Crippen LogP contribution in [0.4, 0.5) is 4.39 Å². The number of thioether (sulfide) groups is 1. The van der Waals surface area contributed by atoms with Gasteiger partial charge in [0.25, 0.3) is 5.56 Å². The molecule has 0 bridgehead atoms. The number of nitrogens with zero attached hydrogens (tertiary/aromatic N) is 2. The maximum absolute atomic E-state index is 13.7. The van der Waals surface area contributed by atoms with Crippen molar-refractivity contribution in [3.05, 3.63) is 86.3 Å². The summed E-state index contributed by atoms with van der Waals surface area (Å²) in [5, 5.41) is 9.47. The Kier molecular flexibility index (Phi) is 7.11. The third kappa shape index (κ3) is 5.88. The number of amides is 1. The lowest BCUT2D eigenvalue weighted by atomic mass is 10.2. The van der Waals surface area contributed by atoms with Crippen molar-refractivity contribution in [3.63, 3.8) is 0 Å². The molecular formula is C19H16FN5O4S. The average molecular weight is 429 g/mol. The first-order valence-electron chi connectivity index (χ1n) is 8.62. The Bertz CT molecular complexity index is 1180. The summed E-state index contributed by atoms with van der Waals surface area (Å²) in [6.45, 7) is 0.0429. The van der Waals surface area contributed by atoms with Crippen LogP contribution in [0.25, 0.3) is 0 Å². The van der Waals surface area contributed by atoms with Crippen molar-refractivity contribution in [2.24, 2.45) is 5.10 Å². The van der Waals surface area contributed by atoms with E-state index >= 15 is 0 Å². The van der Waals surface area contributed by atoms with Gasteiger partial charge in [0.15, 0.2) is 5.03 Å². The fraction of sp³-hybridized carbons (Fsp3) is 0.105. The van der Waals surface area contributed by atoms with Gasteiger partial charge in [-0.2, -0.15) is 10.2 Å². The largest absolute Gasteiger partial charge is 0.488 e. The first-order chi connectivity index (χ1) is 14.5. The molecule has 0 aliphatic rings. The topological polar surface area (TPSA) is 129 Å². The second-order valence-electron chi connectivity index (χ2n) is 5.81. The molecule has 3 aromatic rings. The Morgan fingerprint density at radius 2 is 1.97 bits per heavy atom. The highest BCUT2D eigenvalue weighted by molar-refractivity contribution is 7.99. The zero-order chi connectivity index (χ0) is 21.3. The minimum absolute atomic E-state index is 0.0411. The van der Waals surface area contributed by atoms with Crippen LogP contribution in [-0.4, -0.2) is 33.1 Å². The molecule has 3 N–H and O–H groups in total. The number of benzene rings is 2. The monoisotopic (exact) mass is 429 g/mol. The summed E-state index contributed by atoms with van der Waals surface area (Å²) >= 11 is 0.849. The smallest absolute Gasteiger partial charge is 0.342 e. The van der Waals surface area contributed by atoms with Crippen LogP contribution in [0, 0.1) is 5.82 Å². The second kappa shape index (κ2) is 10.2. The Hall–Kier alpha value is -3.73. The van der Waals surface area contributed by atoms with Crippen LogP contribution in [0.15, 0.2) is 68.2 Å². The van der Waals surface area contributed by atoms with E-state index in [1.54, 1.807) is 42.5 Å². The molecule has 0 saturated carbocycles. The first-order valence-corrected chi connectivity index (χ1v) is 9.60. The summed E-state index contributed by atoms with van der Waals surface area (Å²) in [5.74, 6) is -0.500. The predicted molar refractivity (Wildman–Crippen MR) is 109 cm³/mol. The highest BCUT2D eigenvalue weighted by atomic mass is 32.2. The molecule has 0 aliphatic carbocycles. The van der Waals surface area contributed by atoms with Crippen LogP contribution < -0.4 is 21.4 Å². The van der Waals surface area contributed by atoms with Crippen molar-refractivity contribution in [1.29, 1.82) is 0 Å². The normalized spacial score (nSPS) is 10.8. The van der Waals surface area contributed by atoms with Gasteiger partial charge in [-0.05, 0) is 18.2 Å². The first kappa shape index (κ1) is 21.0. The minimum atomic E-state index is -0.728. The van der Waals surface area contributed by atoms with E-state index in [-0.39, 0.29) is 23.2 Å². The number of hydrogen-bond donors (Lipinski definition) is 3. The van der Waals surface area contributed by atoms with Gasteiger partial charge in [-0.25, -0.2) is 19.7 Å². The maximum atomic E-state index is 13.7. The van der Waals surface area contributed by atoms with Crippen LogP contribution in [0.5, 0.6) is 5.75 Å². The van der Waals surface area contributed by atoms with Crippen molar-refractivity contribution in [2.45, 2.75) is 11.6 Å². The van der Waals surface area contributed by atoms with Gasteiger partial charge in [0.1, 0.15) is 18.2 Å². The van der Waals surface area contributed by atoms with Crippen LogP contribution in [0.2, 0.25) is 0 Å². The number of carbonyl (C=O) groups excluding carboxylic acids is 1. The SMILES string of the molecule is O=C(CSc1n[nH]c(=O)[nH]c1=O)N/N=C/c1ccccc1OCc1ccccc1F. The molecule has 0 fully saturated rings. The van der Waals surface area contributed by atoms with Crippen molar-refractivity contribution < 1.29 is 13.9 Å². The van der Waals surface area contributed by atoms with Gasteiger partial charge < -0.3 is 4.74 Å². The third-order valence-electron chi connectivity index (χ3n) is 3.67. The van der Waals surface area contributed by atoms with Gasteiger partial charge in [-0.3, -0.25) is 14.6 Å². The van der Waals surface area contributed by atoms with Gasteiger partial charge >= 0.3 is 5.69 Å². The Labute approximate surface area is 173 Å². The molecule has 0 saturated heterocycles. The Morgan fingerprint density at radius 1 is 1.20 bits per heavy atom. The van der Waals surface area contributed by atoms with E-state index in [1.165, 1.54) is 12.3 Å². The molecule has 0 aliphatic heterocycles. The van der Waals surface area contributed by atoms with E-state index in [9.17, 15) is 18.8 Å². The lowest BCUT2D eigenvalue weighted by Gasteiger charge is -2.09. The highest BCUT2D eigenvalue weighted by Gasteiger charge is 2.08. The van der Waals surface area contributed by atoms with Crippen molar-refractivity contribution in [2.75, 3.05) is 5.75 Å². The van der Waals surface area contributed by atoms with Crippen LogP contribution >= 0.6 is 11.8 Å². The Morgan fingerprint density at radius 3 is 2.77 bits per heavy atom. The van der Waals surface area contributed by atoms with Crippen LogP contribution in [0.3, 0.4) is 0 Å². The standard InChI is InChI=1S/C19H16FN5O4S/c20-14-7-3-1-6-13(14)10-29-15-8-4-2-5-12(15)9-21-23-16(26)11-30-18-17(27)22-19(28)25-24-18/h1-9H,10-11H2,(H,23,26)(H2,22,25,27,28)/b21-9+. The molecule has 0 atom stereocenters. The number of hydrazone groups is 1. The number of H-pyrrole nitrogens is 2. The minimum Gasteiger partial charge on any atom is -0.488 e. The number of halogens is 1. The summed E-state index contributed by atoms with van der Waals surface area (Å²) < 4.78 is 19.4. The van der Waals surface area contributed by atoms with Crippen molar-refractivity contribution in [1.82, 2.24) is 20.6 Å². The van der Waals surface area contributed by atoms with Gasteiger partial charge in [-0.15, -0.1) is 0 Å². The third-order valence-corrected chi connectivity index (χ3v) is 4.63. The highest BCUT2D eigenvalue weighted by Crippen LogP contribution is 2.18. The number of aromatic amines is 2. The summed E-state index contributed by atoms with van der Waals surface area (Å²) in [6, 6.07) is 13.3. The van der Waals surface area contributed by atoms with E-state index in [0.29, 0.717) is 16.9 Å². The number of para-hydroxylation sites is 1. The molecule has 3 rings (SSSR count). The average Bonchev–Trinajstić information content (AvgIpc) is 2.73. The molecule has 154 valence electrons. The fourth-order valence-electron chi connectivity index (χ4n) is 2.26. The van der Waals surface area contributed by atoms with E-state index in [1.807, 2.05) is 4.98 Å². The number of nitrogens with one attached hydrogen (secondary N) is 3. The summed E-state index contributed by atoms with van der Waals surface area (Å²) in [6.07, 6.45) is 1.39. The van der Waals surface area contributed by atoms with Gasteiger partial charge in [0, 0.05) is 11.1 Å². The molecule has 1 heterocycles. The quantitative estimate of drug-likeness (QED) is 0.282. The van der Waals surface area contributed by atoms with Gasteiger partial charge in [0.2, 0.25) is 5.91 Å². The molecule has 0 spiro atoms. The number of carbonyl (C=O) groups is 1. The van der Waals surface area contributed by atoms with Gasteiger partial charge in [0.05, 0.1) is 12.0 Å². The predicted octanol–water partition coefficient (Wildman–Crippen LogP) is 1.42. The number of aromatic nitrogens is 3. The molecule has 9 nitrogen and oxygen atoms in total. The molecule has 30 heavy (non-hydrogen) atoms. The molecule has 1 amide bonds. The summed E-state index contributed by atoms with van der Waals surface area (Å²) in [7, 11) is 0. The molecule has 2 aromatic carbocycles.